The number of carbonyl (C=O) groups is 2. The highest BCUT2D eigenvalue weighted by molar-refractivity contribution is 6.21. The molecule has 29 heavy (non-hydrogen) atoms. The zero-order valence-corrected chi connectivity index (χ0v) is 18.1. The SMILES string of the molecule is CC(O)CCC[C@@H](/C=C/[C@H]1[C@H](C)CC(Cl)[C@@H]1C/C=C\CCCC(=O)O)OC(=O)O. The molecule has 6 atom stereocenters. The molecular weight excluding hydrogens is 396 g/mol. The molecule has 1 fully saturated rings. The van der Waals surface area contributed by atoms with Gasteiger partial charge in [-0.15, -0.1) is 11.6 Å². The van der Waals surface area contributed by atoms with Crippen LogP contribution in [0, 0.1) is 17.8 Å². The Morgan fingerprint density at radius 1 is 1.21 bits per heavy atom. The van der Waals surface area contributed by atoms with E-state index in [-0.39, 0.29) is 23.6 Å². The third kappa shape index (κ3) is 10.7. The van der Waals surface area contributed by atoms with Crippen LogP contribution >= 0.6 is 11.6 Å². The minimum Gasteiger partial charge on any atom is -0.481 e. The lowest BCUT2D eigenvalue weighted by molar-refractivity contribution is -0.137. The predicted octanol–water partition coefficient (Wildman–Crippen LogP) is 5.24. The van der Waals surface area contributed by atoms with Crippen molar-refractivity contribution in [3.8, 4) is 0 Å². The van der Waals surface area contributed by atoms with Gasteiger partial charge in [-0.3, -0.25) is 4.79 Å². The maximum Gasteiger partial charge on any atom is 0.506 e. The Morgan fingerprint density at radius 2 is 1.93 bits per heavy atom. The van der Waals surface area contributed by atoms with Gasteiger partial charge >= 0.3 is 12.1 Å². The normalized spacial score (nSPS) is 26.8. The number of halogens is 1. The van der Waals surface area contributed by atoms with Crippen molar-refractivity contribution < 1.29 is 29.6 Å². The Labute approximate surface area is 178 Å². The van der Waals surface area contributed by atoms with Crippen molar-refractivity contribution in [3.05, 3.63) is 24.3 Å². The van der Waals surface area contributed by atoms with Crippen molar-refractivity contribution in [2.75, 3.05) is 0 Å². The highest BCUT2D eigenvalue weighted by atomic mass is 35.5. The highest BCUT2D eigenvalue weighted by Crippen LogP contribution is 2.43. The molecule has 0 aromatic carbocycles. The van der Waals surface area contributed by atoms with Crippen LogP contribution in [0.1, 0.15) is 65.2 Å². The third-order valence-corrected chi connectivity index (χ3v) is 5.96. The largest absolute Gasteiger partial charge is 0.506 e. The number of carboxylic acids is 1. The summed E-state index contributed by atoms with van der Waals surface area (Å²) in [7, 11) is 0. The van der Waals surface area contributed by atoms with Crippen LogP contribution in [0.5, 0.6) is 0 Å². The average Bonchev–Trinajstić information content (AvgIpc) is 2.87. The number of rotatable bonds is 13. The Balaban J connectivity index is 2.65. The number of ether oxygens (including phenoxy) is 1. The zero-order valence-electron chi connectivity index (χ0n) is 17.4. The van der Waals surface area contributed by atoms with Gasteiger partial charge in [0, 0.05) is 11.8 Å². The maximum atomic E-state index is 11.0. The van der Waals surface area contributed by atoms with E-state index in [9.17, 15) is 14.7 Å². The van der Waals surface area contributed by atoms with E-state index in [2.05, 4.69) is 13.0 Å². The van der Waals surface area contributed by atoms with E-state index in [1.54, 1.807) is 6.92 Å². The number of aliphatic carboxylic acids is 1. The van der Waals surface area contributed by atoms with Gasteiger partial charge in [0.2, 0.25) is 0 Å². The van der Waals surface area contributed by atoms with E-state index in [0.29, 0.717) is 31.6 Å². The first kappa shape index (κ1) is 25.5. The molecule has 1 rings (SSSR count). The summed E-state index contributed by atoms with van der Waals surface area (Å²) in [4.78, 5) is 21.5. The van der Waals surface area contributed by atoms with E-state index in [1.807, 2.05) is 18.2 Å². The molecule has 2 unspecified atom stereocenters. The van der Waals surface area contributed by atoms with Crippen LogP contribution in [-0.4, -0.2) is 45.0 Å². The molecule has 0 amide bonds. The summed E-state index contributed by atoms with van der Waals surface area (Å²) < 4.78 is 4.99. The van der Waals surface area contributed by atoms with Gasteiger partial charge in [0.05, 0.1) is 6.10 Å². The first-order valence-corrected chi connectivity index (χ1v) is 10.9. The number of aliphatic hydroxyl groups excluding tert-OH is 1. The molecule has 0 aromatic rings. The lowest BCUT2D eigenvalue weighted by atomic mass is 9.87. The van der Waals surface area contributed by atoms with Gasteiger partial charge in [-0.25, -0.2) is 4.79 Å². The van der Waals surface area contributed by atoms with E-state index < -0.39 is 24.3 Å². The monoisotopic (exact) mass is 430 g/mol. The number of alkyl halides is 1. The standard InChI is InChI=1S/C22H35ClO6/c1-15-14-20(23)19(10-5-3-4-6-11-21(25)26)18(15)13-12-17(29-22(27)28)9-7-8-16(2)24/h3,5,12-13,15-20,24H,4,6-11,14H2,1-2H3,(H,25,26)(H,27,28)/b5-3-,13-12+/t15-,16?,17+,18+,19-,20?/m1/s1. The molecule has 1 aliphatic carbocycles. The lowest BCUT2D eigenvalue weighted by Crippen LogP contribution is -2.18. The fourth-order valence-corrected chi connectivity index (χ4v) is 4.47. The first-order chi connectivity index (χ1) is 13.7. The molecule has 0 bridgehead atoms. The molecule has 0 heterocycles. The molecule has 0 radical (unpaired) electrons. The van der Waals surface area contributed by atoms with Gasteiger partial charge in [0.15, 0.2) is 0 Å². The number of allylic oxidation sites excluding steroid dienone is 3. The minimum absolute atomic E-state index is 0.0531. The Hall–Kier alpha value is -1.53. The summed E-state index contributed by atoms with van der Waals surface area (Å²) in [5.74, 6) is 0.0992. The summed E-state index contributed by atoms with van der Waals surface area (Å²) in [6, 6.07) is 0. The van der Waals surface area contributed by atoms with E-state index in [0.717, 1.165) is 19.3 Å². The number of hydrogen-bond donors (Lipinski definition) is 3. The minimum atomic E-state index is -1.30. The van der Waals surface area contributed by atoms with Crippen LogP contribution in [0.2, 0.25) is 0 Å². The van der Waals surface area contributed by atoms with E-state index in [4.69, 9.17) is 26.6 Å². The molecule has 1 aliphatic rings. The molecule has 166 valence electrons. The van der Waals surface area contributed by atoms with Gasteiger partial charge in [0.25, 0.3) is 0 Å². The Kier molecular flexibility index (Phi) is 12.0. The van der Waals surface area contributed by atoms with Crippen LogP contribution in [-0.2, 0) is 9.53 Å². The summed E-state index contributed by atoms with van der Waals surface area (Å²) in [6.45, 7) is 3.87. The van der Waals surface area contributed by atoms with Gasteiger partial charge in [0.1, 0.15) is 6.10 Å². The second-order valence-electron chi connectivity index (χ2n) is 8.05. The molecule has 0 saturated heterocycles. The molecule has 1 saturated carbocycles. The summed E-state index contributed by atoms with van der Waals surface area (Å²) in [5.41, 5.74) is 0. The number of unbranched alkanes of at least 4 members (excludes halogenated alkanes) is 1. The fraction of sp³-hybridized carbons (Fsp3) is 0.727. The molecule has 0 aliphatic heterocycles. The van der Waals surface area contributed by atoms with Crippen LogP contribution in [0.3, 0.4) is 0 Å². The van der Waals surface area contributed by atoms with Gasteiger partial charge < -0.3 is 20.1 Å². The Bertz CT molecular complexity index is 560. The Morgan fingerprint density at radius 3 is 2.55 bits per heavy atom. The average molecular weight is 431 g/mol. The lowest BCUT2D eigenvalue weighted by Gasteiger charge is -2.21. The van der Waals surface area contributed by atoms with Gasteiger partial charge in [-0.1, -0.05) is 25.2 Å². The number of carboxylic acid groups (broad SMARTS) is 2. The van der Waals surface area contributed by atoms with E-state index in [1.165, 1.54) is 0 Å². The second kappa shape index (κ2) is 13.6. The van der Waals surface area contributed by atoms with Crippen molar-refractivity contribution in [1.82, 2.24) is 0 Å². The van der Waals surface area contributed by atoms with Gasteiger partial charge in [-0.05, 0) is 75.7 Å². The van der Waals surface area contributed by atoms with Crippen molar-refractivity contribution in [1.29, 1.82) is 0 Å². The topological polar surface area (TPSA) is 104 Å². The second-order valence-corrected chi connectivity index (χ2v) is 8.61. The van der Waals surface area contributed by atoms with Crippen LogP contribution in [0.25, 0.3) is 0 Å². The van der Waals surface area contributed by atoms with Gasteiger partial charge in [-0.2, -0.15) is 0 Å². The molecule has 0 aromatic heterocycles. The molecule has 7 heteroatoms. The summed E-state index contributed by atoms with van der Waals surface area (Å²) in [5, 5.41) is 27.1. The molecule has 3 N–H and O–H groups in total. The van der Waals surface area contributed by atoms with Crippen molar-refractivity contribution in [3.63, 3.8) is 0 Å². The number of hydrogen-bond acceptors (Lipinski definition) is 4. The number of aliphatic hydroxyl groups is 1. The summed E-state index contributed by atoms with van der Waals surface area (Å²) >= 11 is 6.57. The molecular formula is C22H35ClO6. The third-order valence-electron chi connectivity index (χ3n) is 5.46. The highest BCUT2D eigenvalue weighted by Gasteiger charge is 2.37. The van der Waals surface area contributed by atoms with Crippen molar-refractivity contribution >= 4 is 23.7 Å². The van der Waals surface area contributed by atoms with Crippen LogP contribution in [0.4, 0.5) is 4.79 Å². The quantitative estimate of drug-likeness (QED) is 0.160. The molecule has 0 spiro atoms. The van der Waals surface area contributed by atoms with Crippen molar-refractivity contribution in [2.45, 2.75) is 82.8 Å². The van der Waals surface area contributed by atoms with Crippen LogP contribution in [0.15, 0.2) is 24.3 Å². The van der Waals surface area contributed by atoms with Crippen LogP contribution < -0.4 is 0 Å². The summed E-state index contributed by atoms with van der Waals surface area (Å²) in [6.07, 6.45) is 10.8. The molecule has 6 nitrogen and oxygen atoms in total. The van der Waals surface area contributed by atoms with E-state index >= 15 is 0 Å². The first-order valence-electron chi connectivity index (χ1n) is 10.5. The fourth-order valence-electron chi connectivity index (χ4n) is 3.92. The predicted molar refractivity (Wildman–Crippen MR) is 113 cm³/mol. The zero-order chi connectivity index (χ0) is 21.8. The van der Waals surface area contributed by atoms with Crippen molar-refractivity contribution in [2.24, 2.45) is 17.8 Å². The smallest absolute Gasteiger partial charge is 0.481 e. The maximum absolute atomic E-state index is 11.0.